The van der Waals surface area contributed by atoms with Gasteiger partial charge in [-0.3, -0.25) is 0 Å². The number of carbonyl (C=O) groups is 1. The molecule has 0 spiro atoms. The molecule has 2 aromatic carbocycles. The lowest BCUT2D eigenvalue weighted by atomic mass is 10.1. The van der Waals surface area contributed by atoms with E-state index in [4.69, 9.17) is 13.9 Å². The second kappa shape index (κ2) is 8.22. The Morgan fingerprint density at radius 3 is 2.58 bits per heavy atom. The van der Waals surface area contributed by atoms with Gasteiger partial charge >= 0.3 is 11.6 Å². The highest BCUT2D eigenvalue weighted by Gasteiger charge is 2.28. The average Bonchev–Trinajstić information content (AvgIpc) is 2.74. The number of nitrogens with zero attached hydrogens (tertiary/aromatic N) is 1. The van der Waals surface area contributed by atoms with E-state index in [2.05, 4.69) is 0 Å². The van der Waals surface area contributed by atoms with Gasteiger partial charge in [0.1, 0.15) is 17.1 Å². The molecule has 0 radical (unpaired) electrons. The predicted octanol–water partition coefficient (Wildman–Crippen LogP) is 2.48. The summed E-state index contributed by atoms with van der Waals surface area (Å²) < 4.78 is 56.6. The van der Waals surface area contributed by atoms with Crippen molar-refractivity contribution < 1.29 is 31.5 Å². The third-order valence-electron chi connectivity index (χ3n) is 4.90. The molecule has 0 amide bonds. The largest absolute Gasteiger partial charge is 0.423 e. The molecule has 8 nitrogen and oxygen atoms in total. The van der Waals surface area contributed by atoms with E-state index in [1.807, 2.05) is 0 Å². The van der Waals surface area contributed by atoms with Crippen LogP contribution in [0, 0.1) is 12.7 Å². The topological polar surface area (TPSA) is 103 Å². The fourth-order valence-corrected chi connectivity index (χ4v) is 4.72. The van der Waals surface area contributed by atoms with Crippen molar-refractivity contribution in [2.45, 2.75) is 11.8 Å². The molecule has 0 unspecified atom stereocenters. The number of sulfonamides is 1. The van der Waals surface area contributed by atoms with Crippen molar-refractivity contribution in [2.75, 3.05) is 26.3 Å². The van der Waals surface area contributed by atoms with Crippen LogP contribution in [-0.4, -0.2) is 45.0 Å². The lowest BCUT2D eigenvalue weighted by Crippen LogP contribution is -2.40. The molecule has 0 aliphatic carbocycles. The van der Waals surface area contributed by atoms with Gasteiger partial charge in [0, 0.05) is 30.6 Å². The van der Waals surface area contributed by atoms with Gasteiger partial charge < -0.3 is 13.9 Å². The van der Waals surface area contributed by atoms with Crippen molar-refractivity contribution >= 4 is 27.0 Å². The highest BCUT2D eigenvalue weighted by atomic mass is 32.2. The number of hydrogen-bond donors (Lipinski definition) is 0. The Hall–Kier alpha value is -3.08. The molecule has 31 heavy (non-hydrogen) atoms. The fourth-order valence-electron chi connectivity index (χ4n) is 3.29. The van der Waals surface area contributed by atoms with Crippen LogP contribution >= 0.6 is 0 Å². The summed E-state index contributed by atoms with van der Waals surface area (Å²) in [5, 5.41) is 0.657. The van der Waals surface area contributed by atoms with Crippen LogP contribution in [0.2, 0.25) is 0 Å². The molecule has 10 heteroatoms. The lowest BCUT2D eigenvalue weighted by molar-refractivity contribution is 0.0725. The fraction of sp³-hybridized carbons (Fsp3) is 0.238. The number of benzene rings is 2. The van der Waals surface area contributed by atoms with Crippen LogP contribution in [0.15, 0.2) is 56.6 Å². The third-order valence-corrected chi connectivity index (χ3v) is 6.79. The van der Waals surface area contributed by atoms with Gasteiger partial charge in [-0.15, -0.1) is 0 Å². The molecule has 162 valence electrons. The highest BCUT2D eigenvalue weighted by Crippen LogP contribution is 2.25. The van der Waals surface area contributed by atoms with Gasteiger partial charge in [-0.1, -0.05) is 0 Å². The Morgan fingerprint density at radius 1 is 1.10 bits per heavy atom. The normalized spacial score (nSPS) is 15.2. The number of rotatable bonds is 4. The Bertz CT molecular complexity index is 1330. The summed E-state index contributed by atoms with van der Waals surface area (Å²) in [7, 11) is -3.92. The molecule has 0 atom stereocenters. The van der Waals surface area contributed by atoms with Crippen LogP contribution in [0.3, 0.4) is 0 Å². The molecule has 3 aromatic rings. The van der Waals surface area contributed by atoms with Gasteiger partial charge in [-0.05, 0) is 42.8 Å². The first-order chi connectivity index (χ1) is 14.8. The number of ether oxygens (including phenoxy) is 2. The second-order valence-corrected chi connectivity index (χ2v) is 8.89. The molecule has 1 aromatic heterocycles. The standard InChI is InChI=1S/C21H18FNO7S/c1-13-10-20(24)30-19-11-14(2-4-16(13)19)29-21(25)17-12-15(3-5-18(17)22)31(26,27)23-6-8-28-9-7-23/h2-5,10-12H,6-9H2,1H3. The smallest absolute Gasteiger partial charge is 0.346 e. The summed E-state index contributed by atoms with van der Waals surface area (Å²) >= 11 is 0. The minimum Gasteiger partial charge on any atom is -0.423 e. The number of carbonyl (C=O) groups excluding carboxylic acids is 1. The molecule has 0 bridgehead atoms. The summed E-state index contributed by atoms with van der Waals surface area (Å²) in [6, 6.07) is 8.72. The van der Waals surface area contributed by atoms with Crippen molar-refractivity contribution in [2.24, 2.45) is 0 Å². The van der Waals surface area contributed by atoms with E-state index in [-0.39, 0.29) is 42.5 Å². The Balaban J connectivity index is 1.64. The quantitative estimate of drug-likeness (QED) is 0.344. The molecule has 0 saturated carbocycles. The molecule has 2 heterocycles. The van der Waals surface area contributed by atoms with Crippen molar-refractivity contribution in [1.82, 2.24) is 4.31 Å². The minimum atomic E-state index is -3.92. The molecule has 1 saturated heterocycles. The van der Waals surface area contributed by atoms with Crippen molar-refractivity contribution in [3.05, 3.63) is 69.8 Å². The summed E-state index contributed by atoms with van der Waals surface area (Å²) in [6.45, 7) is 2.59. The Kier molecular flexibility index (Phi) is 5.61. The van der Waals surface area contributed by atoms with Crippen LogP contribution < -0.4 is 10.4 Å². The second-order valence-electron chi connectivity index (χ2n) is 6.95. The molecular formula is C21H18FNO7S. The van der Waals surface area contributed by atoms with Crippen LogP contribution in [0.4, 0.5) is 4.39 Å². The van der Waals surface area contributed by atoms with E-state index in [0.717, 1.165) is 18.2 Å². The molecular weight excluding hydrogens is 429 g/mol. The van der Waals surface area contributed by atoms with E-state index in [0.29, 0.717) is 10.9 Å². The maximum Gasteiger partial charge on any atom is 0.346 e. The molecule has 4 rings (SSSR count). The summed E-state index contributed by atoms with van der Waals surface area (Å²) in [6.07, 6.45) is 0. The Labute approximate surface area is 176 Å². The highest BCUT2D eigenvalue weighted by molar-refractivity contribution is 7.89. The van der Waals surface area contributed by atoms with Gasteiger partial charge in [0.2, 0.25) is 10.0 Å². The number of hydrogen-bond acceptors (Lipinski definition) is 7. The van der Waals surface area contributed by atoms with E-state index in [1.54, 1.807) is 13.0 Å². The first kappa shape index (κ1) is 21.2. The maximum atomic E-state index is 14.3. The van der Waals surface area contributed by atoms with Gasteiger partial charge in [0.25, 0.3) is 0 Å². The summed E-state index contributed by atoms with van der Waals surface area (Å²) in [5.74, 6) is -1.98. The van der Waals surface area contributed by atoms with E-state index in [9.17, 15) is 22.4 Å². The predicted molar refractivity (Wildman–Crippen MR) is 108 cm³/mol. The third kappa shape index (κ3) is 4.22. The number of halogens is 1. The molecule has 1 aliphatic heterocycles. The maximum absolute atomic E-state index is 14.3. The molecule has 0 N–H and O–H groups in total. The van der Waals surface area contributed by atoms with Crippen molar-refractivity contribution in [3.63, 3.8) is 0 Å². The van der Waals surface area contributed by atoms with Crippen LogP contribution in [0.25, 0.3) is 11.0 Å². The molecule has 1 fully saturated rings. The van der Waals surface area contributed by atoms with E-state index >= 15 is 0 Å². The summed E-state index contributed by atoms with van der Waals surface area (Å²) in [5.41, 5.74) is -0.184. The monoisotopic (exact) mass is 447 g/mol. The number of aryl methyl sites for hydroxylation is 1. The van der Waals surface area contributed by atoms with Crippen LogP contribution in [-0.2, 0) is 14.8 Å². The van der Waals surface area contributed by atoms with Crippen molar-refractivity contribution in [3.8, 4) is 5.75 Å². The van der Waals surface area contributed by atoms with Crippen molar-refractivity contribution in [1.29, 1.82) is 0 Å². The number of morpholine rings is 1. The number of fused-ring (bicyclic) bond motifs is 1. The van der Waals surface area contributed by atoms with Gasteiger partial charge in [-0.2, -0.15) is 4.31 Å². The zero-order chi connectivity index (χ0) is 22.2. The lowest BCUT2D eigenvalue weighted by Gasteiger charge is -2.26. The van der Waals surface area contributed by atoms with E-state index in [1.165, 1.54) is 22.5 Å². The molecule has 1 aliphatic rings. The first-order valence-electron chi connectivity index (χ1n) is 9.40. The van der Waals surface area contributed by atoms with E-state index < -0.39 is 33.0 Å². The first-order valence-corrected chi connectivity index (χ1v) is 10.8. The van der Waals surface area contributed by atoms with Crippen LogP contribution in [0.1, 0.15) is 15.9 Å². The van der Waals surface area contributed by atoms with Gasteiger partial charge in [-0.25, -0.2) is 22.4 Å². The number of esters is 1. The minimum absolute atomic E-state index is 0.0205. The Morgan fingerprint density at radius 2 is 1.84 bits per heavy atom. The van der Waals surface area contributed by atoms with Crippen LogP contribution in [0.5, 0.6) is 5.75 Å². The zero-order valence-corrected chi connectivity index (χ0v) is 17.3. The van der Waals surface area contributed by atoms with Gasteiger partial charge in [0.15, 0.2) is 0 Å². The zero-order valence-electron chi connectivity index (χ0n) is 16.5. The SMILES string of the molecule is Cc1cc(=O)oc2cc(OC(=O)c3cc(S(=O)(=O)N4CCOCC4)ccc3F)ccc12. The summed E-state index contributed by atoms with van der Waals surface area (Å²) in [4.78, 5) is 23.9. The average molecular weight is 447 g/mol. The van der Waals surface area contributed by atoms with Gasteiger partial charge in [0.05, 0.1) is 23.7 Å².